The Kier molecular flexibility index (Phi) is 6.02. The third kappa shape index (κ3) is 4.24. The highest BCUT2D eigenvalue weighted by Gasteiger charge is 2.36. The number of rotatable bonds is 3. The molecule has 0 heteroatoms. The molecule has 1 aliphatic carbocycles. The van der Waals surface area contributed by atoms with Gasteiger partial charge in [-0.25, -0.2) is 0 Å². The quantitative estimate of drug-likeness (QED) is 0.172. The summed E-state index contributed by atoms with van der Waals surface area (Å²) in [4.78, 5) is 0. The molecule has 230 valence electrons. The predicted molar refractivity (Wildman–Crippen MR) is 210 cm³/mol. The fourth-order valence-electron chi connectivity index (χ4n) is 8.55. The molecule has 9 aromatic rings. The molecule has 0 radical (unpaired) electrons. The van der Waals surface area contributed by atoms with Gasteiger partial charge in [0.05, 0.1) is 0 Å². The molecule has 9 aromatic carbocycles. The lowest BCUT2D eigenvalue weighted by Crippen LogP contribution is -2.14. The molecule has 0 unspecified atom stereocenters. The molecule has 0 N–H and O–H groups in total. The predicted octanol–water partition coefficient (Wildman–Crippen LogP) is 13.6. The maximum absolute atomic E-state index is 2.49. The first kappa shape index (κ1) is 28.1. The second kappa shape index (κ2) is 10.5. The van der Waals surface area contributed by atoms with E-state index in [1.165, 1.54) is 98.7 Å². The van der Waals surface area contributed by atoms with Crippen molar-refractivity contribution in [1.82, 2.24) is 0 Å². The molecule has 0 fully saturated rings. The van der Waals surface area contributed by atoms with E-state index in [4.69, 9.17) is 0 Å². The molecule has 0 bridgehead atoms. The maximum atomic E-state index is 2.49. The van der Waals surface area contributed by atoms with Gasteiger partial charge in [-0.15, -0.1) is 0 Å². The average Bonchev–Trinajstić information content (AvgIpc) is 3.38. The highest BCUT2D eigenvalue weighted by atomic mass is 14.4. The van der Waals surface area contributed by atoms with Crippen LogP contribution in [0.3, 0.4) is 0 Å². The largest absolute Gasteiger partial charge is 0.0616 e. The van der Waals surface area contributed by atoms with Gasteiger partial charge >= 0.3 is 0 Å². The summed E-state index contributed by atoms with van der Waals surface area (Å²) in [6.45, 7) is 4.77. The van der Waals surface area contributed by atoms with Gasteiger partial charge in [0.1, 0.15) is 0 Å². The van der Waals surface area contributed by atoms with Gasteiger partial charge in [-0.3, -0.25) is 0 Å². The Labute approximate surface area is 286 Å². The third-order valence-electron chi connectivity index (χ3n) is 11.0. The van der Waals surface area contributed by atoms with Crippen LogP contribution in [0.4, 0.5) is 0 Å². The van der Waals surface area contributed by atoms with Gasteiger partial charge in [0, 0.05) is 5.41 Å². The maximum Gasteiger partial charge on any atom is 0.0159 e. The third-order valence-corrected chi connectivity index (χ3v) is 11.0. The smallest absolute Gasteiger partial charge is 0.0159 e. The number of hydrogen-bond acceptors (Lipinski definition) is 0. The monoisotopic (exact) mass is 622 g/mol. The Morgan fingerprint density at radius 2 is 0.755 bits per heavy atom. The van der Waals surface area contributed by atoms with Gasteiger partial charge in [0.15, 0.2) is 0 Å². The molecule has 10 rings (SSSR count). The summed E-state index contributed by atoms with van der Waals surface area (Å²) in [5, 5.41) is 10.5. The van der Waals surface area contributed by atoms with Crippen LogP contribution in [-0.4, -0.2) is 0 Å². The van der Waals surface area contributed by atoms with Gasteiger partial charge in [-0.1, -0.05) is 153 Å². The molecule has 0 saturated heterocycles. The van der Waals surface area contributed by atoms with Crippen molar-refractivity contribution in [3.63, 3.8) is 0 Å². The summed E-state index contributed by atoms with van der Waals surface area (Å²) in [5.41, 5.74) is 12.9. The molecular formula is C49H34. The van der Waals surface area contributed by atoms with Gasteiger partial charge < -0.3 is 0 Å². The highest BCUT2D eigenvalue weighted by molar-refractivity contribution is 6.26. The van der Waals surface area contributed by atoms with Gasteiger partial charge in [-0.2, -0.15) is 0 Å². The van der Waals surface area contributed by atoms with Crippen molar-refractivity contribution in [2.24, 2.45) is 0 Å². The zero-order chi connectivity index (χ0) is 32.7. The van der Waals surface area contributed by atoms with Crippen LogP contribution in [0.15, 0.2) is 170 Å². The first-order valence-corrected chi connectivity index (χ1v) is 17.3. The van der Waals surface area contributed by atoms with E-state index >= 15 is 0 Å². The van der Waals surface area contributed by atoms with E-state index in [1.54, 1.807) is 0 Å². The summed E-state index contributed by atoms with van der Waals surface area (Å²) in [5.74, 6) is 0. The SMILES string of the molecule is CC1(C)c2ccc(-c3cccc(-c4cccc(-c5cccc6ccccc56)c4)c3)cc2-c2cc3c4ccccc4c4ccccc4c3cc21. The van der Waals surface area contributed by atoms with E-state index in [9.17, 15) is 0 Å². The molecule has 0 nitrogen and oxygen atoms in total. The molecule has 0 amide bonds. The summed E-state index contributed by atoms with van der Waals surface area (Å²) in [7, 11) is 0. The zero-order valence-corrected chi connectivity index (χ0v) is 27.7. The summed E-state index contributed by atoms with van der Waals surface area (Å²) in [6, 6.07) is 63.1. The number of benzene rings is 9. The van der Waals surface area contributed by atoms with Crippen LogP contribution in [0, 0.1) is 0 Å². The van der Waals surface area contributed by atoms with Gasteiger partial charge in [-0.05, 0) is 129 Å². The molecule has 0 aliphatic heterocycles. The van der Waals surface area contributed by atoms with Crippen molar-refractivity contribution in [2.45, 2.75) is 19.3 Å². The zero-order valence-electron chi connectivity index (χ0n) is 27.7. The Morgan fingerprint density at radius 1 is 0.286 bits per heavy atom. The molecule has 0 atom stereocenters. The van der Waals surface area contributed by atoms with Crippen molar-refractivity contribution in [1.29, 1.82) is 0 Å². The second-order valence-electron chi connectivity index (χ2n) is 14.1. The van der Waals surface area contributed by atoms with E-state index in [-0.39, 0.29) is 5.41 Å². The van der Waals surface area contributed by atoms with Gasteiger partial charge in [0.25, 0.3) is 0 Å². The molecule has 0 aromatic heterocycles. The minimum atomic E-state index is -0.0893. The van der Waals surface area contributed by atoms with Crippen LogP contribution in [0.25, 0.3) is 87.6 Å². The standard InChI is InChI=1S/C49H34/c1-49(2)47-25-24-35(28-45(47)46-29-43-41-21-7-5-19-39(41)40-20-6-8-22-42(40)44(43)30-48(46)49)33-15-9-14-32(26-33)34-16-10-17-36(27-34)38-23-11-13-31-12-3-4-18-37(31)38/h3-30H,1-2H3. The van der Waals surface area contributed by atoms with E-state index in [0.717, 1.165) is 0 Å². The number of fused-ring (bicyclic) bond motifs is 10. The van der Waals surface area contributed by atoms with Crippen LogP contribution in [-0.2, 0) is 5.41 Å². The molecule has 0 saturated carbocycles. The Bertz CT molecular complexity index is 2790. The summed E-state index contributed by atoms with van der Waals surface area (Å²) in [6.07, 6.45) is 0. The van der Waals surface area contributed by atoms with E-state index in [2.05, 4.69) is 184 Å². The second-order valence-corrected chi connectivity index (χ2v) is 14.1. The van der Waals surface area contributed by atoms with E-state index in [0.29, 0.717) is 0 Å². The minimum absolute atomic E-state index is 0.0893. The van der Waals surface area contributed by atoms with Crippen molar-refractivity contribution in [3.05, 3.63) is 181 Å². The molecule has 0 heterocycles. The molecule has 1 aliphatic rings. The minimum Gasteiger partial charge on any atom is -0.0616 e. The van der Waals surface area contributed by atoms with Crippen LogP contribution in [0.5, 0.6) is 0 Å². The normalized spacial score (nSPS) is 13.3. The number of hydrogen-bond donors (Lipinski definition) is 0. The average molecular weight is 623 g/mol. The summed E-state index contributed by atoms with van der Waals surface area (Å²) >= 11 is 0. The van der Waals surface area contributed by atoms with Crippen LogP contribution < -0.4 is 0 Å². The first-order chi connectivity index (χ1) is 24.0. The van der Waals surface area contributed by atoms with Crippen molar-refractivity contribution >= 4 is 43.1 Å². The topological polar surface area (TPSA) is 0 Å². The van der Waals surface area contributed by atoms with Crippen LogP contribution in [0.2, 0.25) is 0 Å². The Balaban J connectivity index is 1.10. The van der Waals surface area contributed by atoms with E-state index in [1.807, 2.05) is 0 Å². The van der Waals surface area contributed by atoms with Crippen LogP contribution >= 0.6 is 0 Å². The Morgan fingerprint density at radius 3 is 1.43 bits per heavy atom. The molecular weight excluding hydrogens is 589 g/mol. The Hall–Kier alpha value is -5.98. The summed E-state index contributed by atoms with van der Waals surface area (Å²) < 4.78 is 0. The lowest BCUT2D eigenvalue weighted by atomic mass is 9.81. The molecule has 0 spiro atoms. The van der Waals surface area contributed by atoms with Crippen molar-refractivity contribution in [2.75, 3.05) is 0 Å². The first-order valence-electron chi connectivity index (χ1n) is 17.3. The van der Waals surface area contributed by atoms with E-state index < -0.39 is 0 Å². The van der Waals surface area contributed by atoms with Gasteiger partial charge in [0.2, 0.25) is 0 Å². The lowest BCUT2D eigenvalue weighted by molar-refractivity contribution is 0.661. The van der Waals surface area contributed by atoms with Crippen LogP contribution in [0.1, 0.15) is 25.0 Å². The fourth-order valence-corrected chi connectivity index (χ4v) is 8.55. The lowest BCUT2D eigenvalue weighted by Gasteiger charge is -2.22. The molecule has 49 heavy (non-hydrogen) atoms. The fraction of sp³-hybridized carbons (Fsp3) is 0.0612. The van der Waals surface area contributed by atoms with Crippen molar-refractivity contribution in [3.8, 4) is 44.5 Å². The van der Waals surface area contributed by atoms with Crippen molar-refractivity contribution < 1.29 is 0 Å². The highest BCUT2D eigenvalue weighted by Crippen LogP contribution is 2.52.